The monoisotopic (exact) mass is 616 g/mol. The summed E-state index contributed by atoms with van der Waals surface area (Å²) >= 11 is 6.26. The van der Waals surface area contributed by atoms with Gasteiger partial charge in [0.05, 0.1) is 12.0 Å². The number of nitrogens with one attached hydrogen (secondary N) is 3. The summed E-state index contributed by atoms with van der Waals surface area (Å²) < 4.78 is 10.8. The lowest BCUT2D eigenvalue weighted by molar-refractivity contribution is -0.144. The van der Waals surface area contributed by atoms with Crippen LogP contribution in [0.5, 0.6) is 0 Å². The van der Waals surface area contributed by atoms with Crippen LogP contribution < -0.4 is 16.0 Å². The van der Waals surface area contributed by atoms with Crippen molar-refractivity contribution >= 4 is 41.3 Å². The van der Waals surface area contributed by atoms with Crippen LogP contribution in [0.15, 0.2) is 48.5 Å². The first-order valence-corrected chi connectivity index (χ1v) is 14.7. The number of nitrogens with zero attached hydrogens (tertiary/aromatic N) is 1. The fourth-order valence-electron chi connectivity index (χ4n) is 4.63. The molecule has 0 spiro atoms. The second-order valence-corrected chi connectivity index (χ2v) is 11.9. The average molecular weight is 617 g/mol. The maximum absolute atomic E-state index is 13.6. The number of halogens is 1. The molecule has 43 heavy (non-hydrogen) atoms. The van der Waals surface area contributed by atoms with E-state index in [9.17, 15) is 24.3 Å². The Kier molecular flexibility index (Phi) is 11.8. The van der Waals surface area contributed by atoms with Crippen molar-refractivity contribution in [1.29, 1.82) is 0 Å². The van der Waals surface area contributed by atoms with Crippen molar-refractivity contribution in [2.75, 3.05) is 31.6 Å². The van der Waals surface area contributed by atoms with E-state index in [-0.39, 0.29) is 45.0 Å². The number of likely N-dealkylation sites (tertiary alicyclic amines) is 1. The van der Waals surface area contributed by atoms with E-state index in [0.717, 1.165) is 17.5 Å². The Labute approximate surface area is 257 Å². The number of piperidine rings is 1. The van der Waals surface area contributed by atoms with Gasteiger partial charge in [0.2, 0.25) is 11.8 Å². The summed E-state index contributed by atoms with van der Waals surface area (Å²) in [6.07, 6.45) is -0.310. The first-order valence-electron chi connectivity index (χ1n) is 14.3. The number of rotatable bonds is 10. The lowest BCUT2D eigenvalue weighted by atomic mass is 9.78. The van der Waals surface area contributed by atoms with Gasteiger partial charge in [-0.05, 0) is 69.4 Å². The molecule has 0 aliphatic carbocycles. The maximum Gasteiger partial charge on any atom is 0.411 e. The second kappa shape index (κ2) is 15.1. The lowest BCUT2D eigenvalue weighted by Gasteiger charge is -2.41. The number of benzene rings is 2. The number of carbonyl (C=O) groups is 4. The van der Waals surface area contributed by atoms with Crippen LogP contribution in [0.25, 0.3) is 0 Å². The van der Waals surface area contributed by atoms with Crippen molar-refractivity contribution in [2.45, 2.75) is 65.1 Å². The average Bonchev–Trinajstić information content (AvgIpc) is 2.97. The van der Waals surface area contributed by atoms with Crippen LogP contribution in [-0.2, 0) is 32.0 Å². The zero-order valence-electron chi connectivity index (χ0n) is 25.1. The minimum absolute atomic E-state index is 0.133. The van der Waals surface area contributed by atoms with Crippen molar-refractivity contribution in [1.82, 2.24) is 15.5 Å². The van der Waals surface area contributed by atoms with E-state index in [4.69, 9.17) is 21.1 Å². The number of carbonyl (C=O) groups excluding carboxylic acids is 4. The minimum Gasteiger partial charge on any atom is -0.448 e. The standard InChI is InChI=1S/C31H41ClN4O7/c1-5-21-10-12-23(13-11-21)34-28(40)42-20-31(27(39)33-18-22-8-6-7-9-24(22)32)14-16-36(17-15-31)26(38)25(19-37)35-29(41)43-30(2,3)4/h6-13,25,37H,5,14-20H2,1-4H3,(H,33,39)(H,34,40)(H,35,41)/t25-/m0/s1. The van der Waals surface area contributed by atoms with Gasteiger partial charge in [0.25, 0.3) is 0 Å². The highest BCUT2D eigenvalue weighted by atomic mass is 35.5. The Bertz CT molecular complexity index is 1270. The zero-order valence-corrected chi connectivity index (χ0v) is 25.8. The number of amides is 4. The first-order chi connectivity index (χ1) is 20.4. The molecule has 0 unspecified atom stereocenters. The number of anilines is 1. The van der Waals surface area contributed by atoms with Crippen LogP contribution in [0.2, 0.25) is 5.02 Å². The molecular formula is C31H41ClN4O7. The van der Waals surface area contributed by atoms with E-state index in [1.54, 1.807) is 51.1 Å². The second-order valence-electron chi connectivity index (χ2n) is 11.5. The van der Waals surface area contributed by atoms with Gasteiger partial charge >= 0.3 is 12.2 Å². The van der Waals surface area contributed by atoms with Crippen LogP contribution in [0.1, 0.15) is 51.7 Å². The first kappa shape index (κ1) is 33.7. The topological polar surface area (TPSA) is 146 Å². The number of aliphatic hydroxyl groups is 1. The molecule has 2 aromatic rings. The summed E-state index contributed by atoms with van der Waals surface area (Å²) in [6, 6.07) is 13.3. The third-order valence-electron chi connectivity index (χ3n) is 7.17. The molecule has 4 amide bonds. The largest absolute Gasteiger partial charge is 0.448 e. The van der Waals surface area contributed by atoms with Crippen LogP contribution in [0.3, 0.4) is 0 Å². The van der Waals surface area contributed by atoms with Gasteiger partial charge in [0.15, 0.2) is 0 Å². The molecule has 1 aliphatic heterocycles. The quantitative estimate of drug-likeness (QED) is 0.312. The van der Waals surface area contributed by atoms with Gasteiger partial charge in [-0.1, -0.05) is 48.9 Å². The third-order valence-corrected chi connectivity index (χ3v) is 7.54. The van der Waals surface area contributed by atoms with Crippen molar-refractivity contribution < 1.29 is 33.8 Å². The van der Waals surface area contributed by atoms with Crippen molar-refractivity contribution in [3.8, 4) is 0 Å². The van der Waals surface area contributed by atoms with Crippen LogP contribution in [0.4, 0.5) is 15.3 Å². The number of hydrogen-bond acceptors (Lipinski definition) is 7. The molecule has 12 heteroatoms. The van der Waals surface area contributed by atoms with E-state index >= 15 is 0 Å². The molecule has 1 saturated heterocycles. The Morgan fingerprint density at radius 3 is 2.26 bits per heavy atom. The van der Waals surface area contributed by atoms with Gasteiger partial charge in [0, 0.05) is 30.3 Å². The molecule has 2 aromatic carbocycles. The van der Waals surface area contributed by atoms with Gasteiger partial charge in [-0.25, -0.2) is 9.59 Å². The molecule has 1 aliphatic rings. The summed E-state index contributed by atoms with van der Waals surface area (Å²) in [6.45, 7) is 6.69. The summed E-state index contributed by atoms with van der Waals surface area (Å²) in [7, 11) is 0. The molecule has 234 valence electrons. The molecule has 11 nitrogen and oxygen atoms in total. The van der Waals surface area contributed by atoms with Crippen LogP contribution in [-0.4, -0.2) is 72.0 Å². The SMILES string of the molecule is CCc1ccc(NC(=O)OCC2(C(=O)NCc3ccccc3Cl)CCN(C(=O)[C@H](CO)NC(=O)OC(C)(C)C)CC2)cc1. The highest BCUT2D eigenvalue weighted by molar-refractivity contribution is 6.31. The Hall–Kier alpha value is -3.83. The number of alkyl carbamates (subject to hydrolysis) is 1. The maximum atomic E-state index is 13.6. The van der Waals surface area contributed by atoms with Crippen molar-refractivity contribution in [3.63, 3.8) is 0 Å². The van der Waals surface area contributed by atoms with Crippen LogP contribution in [0, 0.1) is 5.41 Å². The van der Waals surface area contributed by atoms with Gasteiger partial charge in [-0.3, -0.25) is 14.9 Å². The van der Waals surface area contributed by atoms with Crippen LogP contribution >= 0.6 is 11.6 Å². The molecule has 0 aromatic heterocycles. The predicted molar refractivity (Wildman–Crippen MR) is 163 cm³/mol. The van der Waals surface area contributed by atoms with Crippen molar-refractivity contribution in [2.24, 2.45) is 5.41 Å². The zero-order chi connectivity index (χ0) is 31.6. The molecule has 0 saturated carbocycles. The molecule has 3 rings (SSSR count). The van der Waals surface area contributed by atoms with Crippen molar-refractivity contribution in [3.05, 3.63) is 64.7 Å². The van der Waals surface area contributed by atoms with Gasteiger partial charge < -0.3 is 30.1 Å². The molecule has 1 heterocycles. The molecule has 1 fully saturated rings. The predicted octanol–water partition coefficient (Wildman–Crippen LogP) is 4.26. The van der Waals surface area contributed by atoms with Gasteiger partial charge in [-0.2, -0.15) is 0 Å². The smallest absolute Gasteiger partial charge is 0.411 e. The Morgan fingerprint density at radius 1 is 1.02 bits per heavy atom. The lowest BCUT2D eigenvalue weighted by Crippen LogP contribution is -2.57. The Morgan fingerprint density at radius 2 is 1.67 bits per heavy atom. The van der Waals surface area contributed by atoms with Gasteiger partial charge in [0.1, 0.15) is 18.2 Å². The number of aliphatic hydroxyl groups excluding tert-OH is 1. The summed E-state index contributed by atoms with van der Waals surface area (Å²) in [5.41, 5.74) is 0.509. The minimum atomic E-state index is -1.21. The number of hydrogen-bond donors (Lipinski definition) is 4. The van der Waals surface area contributed by atoms with E-state index in [2.05, 4.69) is 16.0 Å². The van der Waals surface area contributed by atoms with E-state index in [0.29, 0.717) is 10.7 Å². The normalized spacial score (nSPS) is 15.2. The number of aryl methyl sites for hydroxylation is 1. The molecule has 0 radical (unpaired) electrons. The Balaban J connectivity index is 1.68. The highest BCUT2D eigenvalue weighted by Crippen LogP contribution is 2.33. The van der Waals surface area contributed by atoms with Gasteiger partial charge in [-0.15, -0.1) is 0 Å². The summed E-state index contributed by atoms with van der Waals surface area (Å²) in [5.74, 6) is -0.849. The highest BCUT2D eigenvalue weighted by Gasteiger charge is 2.44. The fourth-order valence-corrected chi connectivity index (χ4v) is 4.84. The fraction of sp³-hybridized carbons (Fsp3) is 0.484. The number of ether oxygens (including phenoxy) is 2. The third kappa shape index (κ3) is 9.86. The summed E-state index contributed by atoms with van der Waals surface area (Å²) in [4.78, 5) is 53.1. The molecule has 4 N–H and O–H groups in total. The van der Waals surface area contributed by atoms with E-state index in [1.807, 2.05) is 25.1 Å². The van der Waals surface area contributed by atoms with E-state index < -0.39 is 41.8 Å². The van der Waals surface area contributed by atoms with E-state index in [1.165, 1.54) is 4.90 Å². The summed E-state index contributed by atoms with van der Waals surface area (Å²) in [5, 5.41) is 18.3. The molecular weight excluding hydrogens is 576 g/mol. The molecule has 1 atom stereocenters. The molecule has 0 bridgehead atoms.